The Kier molecular flexibility index (Phi) is 3.74. The van der Waals surface area contributed by atoms with Gasteiger partial charge in [-0.05, 0) is 30.7 Å². The van der Waals surface area contributed by atoms with Crippen LogP contribution in [0, 0.1) is 0 Å². The van der Waals surface area contributed by atoms with Crippen molar-refractivity contribution in [1.29, 1.82) is 0 Å². The molecule has 0 N–H and O–H groups in total. The van der Waals surface area contributed by atoms with Crippen molar-refractivity contribution >= 4 is 23.4 Å². The quantitative estimate of drug-likeness (QED) is 0.824. The molecule has 3 nitrogen and oxygen atoms in total. The number of rotatable bonds is 3. The Bertz CT molecular complexity index is 439. The number of benzene rings is 1. The first-order valence-electron chi connectivity index (χ1n) is 5.56. The Labute approximate surface area is 105 Å². The van der Waals surface area contributed by atoms with Gasteiger partial charge in [0.2, 0.25) is 5.91 Å². The highest BCUT2D eigenvalue weighted by Gasteiger charge is 2.27. The Morgan fingerprint density at radius 2 is 2.12 bits per heavy atom. The van der Waals surface area contributed by atoms with Crippen LogP contribution in [0.25, 0.3) is 0 Å². The highest BCUT2D eigenvalue weighted by atomic mass is 32.2. The van der Waals surface area contributed by atoms with Crippen LogP contribution in [0.3, 0.4) is 0 Å². The maximum Gasteiger partial charge on any atom is 0.242 e. The normalized spacial score (nSPS) is 17.9. The maximum atomic E-state index is 11.8. The van der Waals surface area contributed by atoms with Crippen LogP contribution >= 0.6 is 11.8 Å². The first-order chi connectivity index (χ1) is 8.26. The molecule has 1 amide bonds. The van der Waals surface area contributed by atoms with Crippen molar-refractivity contribution < 1.29 is 9.53 Å². The van der Waals surface area contributed by atoms with Crippen molar-refractivity contribution in [2.24, 2.45) is 0 Å². The van der Waals surface area contributed by atoms with E-state index in [0.29, 0.717) is 5.75 Å². The number of carbonyl (C=O) groups is 1. The predicted molar refractivity (Wildman–Crippen MR) is 71.3 cm³/mol. The molecule has 0 aromatic heterocycles. The molecule has 0 saturated carbocycles. The summed E-state index contributed by atoms with van der Waals surface area (Å²) in [5, 5.41) is 1.03. The van der Waals surface area contributed by atoms with Gasteiger partial charge in [-0.3, -0.25) is 9.69 Å². The summed E-state index contributed by atoms with van der Waals surface area (Å²) in [6.45, 7) is 2.07. The number of anilines is 1. The molecule has 0 unspecified atom stereocenters. The minimum Gasteiger partial charge on any atom is -0.497 e. The summed E-state index contributed by atoms with van der Waals surface area (Å²) in [6, 6.07) is 7.56. The molecular formula is C13H15NO2S. The summed E-state index contributed by atoms with van der Waals surface area (Å²) in [6.07, 6.45) is 3.02. The molecule has 0 bridgehead atoms. The van der Waals surface area contributed by atoms with Gasteiger partial charge in [-0.25, -0.2) is 0 Å². The maximum absolute atomic E-state index is 11.8. The van der Waals surface area contributed by atoms with Crippen LogP contribution in [-0.4, -0.2) is 18.8 Å². The van der Waals surface area contributed by atoms with Gasteiger partial charge in [0.05, 0.1) is 17.9 Å². The lowest BCUT2D eigenvalue weighted by molar-refractivity contribution is -0.115. The van der Waals surface area contributed by atoms with Gasteiger partial charge in [0, 0.05) is 5.69 Å². The van der Waals surface area contributed by atoms with E-state index in [1.54, 1.807) is 23.8 Å². The first kappa shape index (κ1) is 12.0. The smallest absolute Gasteiger partial charge is 0.242 e. The summed E-state index contributed by atoms with van der Waals surface area (Å²) in [4.78, 5) is 13.6. The summed E-state index contributed by atoms with van der Waals surface area (Å²) in [5.74, 6) is 1.46. The molecule has 1 aromatic rings. The van der Waals surface area contributed by atoms with Crippen LogP contribution in [0.4, 0.5) is 5.69 Å². The fraction of sp³-hybridized carbons (Fsp3) is 0.308. The lowest BCUT2D eigenvalue weighted by Gasteiger charge is -2.17. The standard InChI is InChI=1S/C13H15NO2S/c1-3-4-13-14(12(15)9-17-13)10-5-7-11(16-2)8-6-10/h4-8H,3,9H2,1-2H3/b13-4+. The summed E-state index contributed by atoms with van der Waals surface area (Å²) in [5.41, 5.74) is 0.903. The SMILES string of the molecule is CC/C=C1/SCC(=O)N1c1ccc(OC)cc1. The number of thioether (sulfide) groups is 1. The average molecular weight is 249 g/mol. The van der Waals surface area contributed by atoms with Crippen LogP contribution in [0.5, 0.6) is 5.75 Å². The molecule has 1 aliphatic heterocycles. The predicted octanol–water partition coefficient (Wildman–Crippen LogP) is 3.03. The number of ether oxygens (including phenoxy) is 1. The topological polar surface area (TPSA) is 29.5 Å². The second kappa shape index (κ2) is 5.27. The zero-order valence-corrected chi connectivity index (χ0v) is 10.8. The Morgan fingerprint density at radius 3 is 2.71 bits per heavy atom. The van der Waals surface area contributed by atoms with Crippen LogP contribution in [-0.2, 0) is 4.79 Å². The fourth-order valence-electron chi connectivity index (χ4n) is 1.72. The molecule has 90 valence electrons. The van der Waals surface area contributed by atoms with Crippen molar-refractivity contribution in [2.45, 2.75) is 13.3 Å². The molecule has 1 saturated heterocycles. The minimum atomic E-state index is 0.139. The lowest BCUT2D eigenvalue weighted by Crippen LogP contribution is -2.23. The zero-order chi connectivity index (χ0) is 12.3. The summed E-state index contributed by atoms with van der Waals surface area (Å²) < 4.78 is 5.11. The van der Waals surface area contributed by atoms with Crippen molar-refractivity contribution in [3.63, 3.8) is 0 Å². The van der Waals surface area contributed by atoms with Crippen molar-refractivity contribution in [2.75, 3.05) is 17.8 Å². The number of nitrogens with zero attached hydrogens (tertiary/aromatic N) is 1. The molecule has 0 aliphatic carbocycles. The Morgan fingerprint density at radius 1 is 1.41 bits per heavy atom. The lowest BCUT2D eigenvalue weighted by atomic mass is 10.2. The molecule has 17 heavy (non-hydrogen) atoms. The van der Waals surface area contributed by atoms with E-state index < -0.39 is 0 Å². The number of amides is 1. The molecule has 1 heterocycles. The van der Waals surface area contributed by atoms with E-state index in [2.05, 4.69) is 13.0 Å². The number of hydrogen-bond acceptors (Lipinski definition) is 3. The zero-order valence-electron chi connectivity index (χ0n) is 9.97. The van der Waals surface area contributed by atoms with Gasteiger partial charge in [0.15, 0.2) is 0 Å². The Hall–Kier alpha value is -1.42. The average Bonchev–Trinajstić information content (AvgIpc) is 2.71. The van der Waals surface area contributed by atoms with E-state index in [0.717, 1.165) is 22.9 Å². The van der Waals surface area contributed by atoms with Gasteiger partial charge < -0.3 is 4.74 Å². The monoisotopic (exact) mass is 249 g/mol. The van der Waals surface area contributed by atoms with Crippen LogP contribution in [0.2, 0.25) is 0 Å². The minimum absolute atomic E-state index is 0.139. The van der Waals surface area contributed by atoms with Gasteiger partial charge in [0.1, 0.15) is 5.75 Å². The van der Waals surface area contributed by atoms with Crippen molar-refractivity contribution in [1.82, 2.24) is 0 Å². The summed E-state index contributed by atoms with van der Waals surface area (Å²) >= 11 is 1.59. The third kappa shape index (κ3) is 2.47. The molecule has 0 atom stereocenters. The largest absolute Gasteiger partial charge is 0.497 e. The van der Waals surface area contributed by atoms with Crippen LogP contribution in [0.15, 0.2) is 35.4 Å². The van der Waals surface area contributed by atoms with E-state index in [4.69, 9.17) is 4.74 Å². The second-order valence-electron chi connectivity index (χ2n) is 3.67. The van der Waals surface area contributed by atoms with E-state index in [9.17, 15) is 4.79 Å². The van der Waals surface area contributed by atoms with Crippen LogP contribution < -0.4 is 9.64 Å². The van der Waals surface area contributed by atoms with Gasteiger partial charge >= 0.3 is 0 Å². The van der Waals surface area contributed by atoms with E-state index >= 15 is 0 Å². The number of allylic oxidation sites excluding steroid dienone is 1. The van der Waals surface area contributed by atoms with Crippen molar-refractivity contribution in [3.05, 3.63) is 35.4 Å². The third-order valence-electron chi connectivity index (χ3n) is 2.52. The number of hydrogen-bond donors (Lipinski definition) is 0. The molecule has 1 aliphatic rings. The molecule has 4 heteroatoms. The van der Waals surface area contributed by atoms with E-state index in [1.165, 1.54) is 0 Å². The molecule has 0 spiro atoms. The highest BCUT2D eigenvalue weighted by molar-refractivity contribution is 8.04. The van der Waals surface area contributed by atoms with Gasteiger partial charge in [-0.1, -0.05) is 24.8 Å². The molecule has 1 aromatic carbocycles. The third-order valence-corrected chi connectivity index (χ3v) is 3.56. The summed E-state index contributed by atoms with van der Waals surface area (Å²) in [7, 11) is 1.63. The van der Waals surface area contributed by atoms with Crippen molar-refractivity contribution in [3.8, 4) is 5.75 Å². The van der Waals surface area contributed by atoms with Gasteiger partial charge in [-0.2, -0.15) is 0 Å². The molecular weight excluding hydrogens is 234 g/mol. The molecule has 0 radical (unpaired) electrons. The van der Waals surface area contributed by atoms with Gasteiger partial charge in [0.25, 0.3) is 0 Å². The van der Waals surface area contributed by atoms with Gasteiger partial charge in [-0.15, -0.1) is 0 Å². The fourth-order valence-corrected chi connectivity index (χ4v) is 2.74. The molecule has 1 fully saturated rings. The van der Waals surface area contributed by atoms with Crippen LogP contribution in [0.1, 0.15) is 13.3 Å². The second-order valence-corrected chi connectivity index (χ2v) is 4.66. The van der Waals surface area contributed by atoms with E-state index in [-0.39, 0.29) is 5.91 Å². The highest BCUT2D eigenvalue weighted by Crippen LogP contribution is 2.34. The van der Waals surface area contributed by atoms with E-state index in [1.807, 2.05) is 24.3 Å². The first-order valence-corrected chi connectivity index (χ1v) is 6.54. The Balaban J connectivity index is 2.29. The number of carbonyl (C=O) groups excluding carboxylic acids is 1. The molecule has 2 rings (SSSR count). The number of methoxy groups -OCH3 is 1.